The van der Waals surface area contributed by atoms with Crippen LogP contribution < -0.4 is 5.73 Å². The van der Waals surface area contributed by atoms with Crippen molar-refractivity contribution in [3.63, 3.8) is 0 Å². The number of anilines is 1. The fourth-order valence-electron chi connectivity index (χ4n) is 2.44. The van der Waals surface area contributed by atoms with Crippen LogP contribution in [0.2, 0.25) is 0 Å². The molecule has 1 aromatic heterocycles. The Hall–Kier alpha value is -2.63. The molecule has 20 heavy (non-hydrogen) atoms. The third kappa shape index (κ3) is 1.77. The molecule has 1 aromatic carbocycles. The zero-order valence-electron chi connectivity index (χ0n) is 11.0. The van der Waals surface area contributed by atoms with E-state index < -0.39 is 0 Å². The fourth-order valence-corrected chi connectivity index (χ4v) is 2.44. The lowest BCUT2D eigenvalue weighted by molar-refractivity contribution is 0.0656. The first-order chi connectivity index (χ1) is 9.59. The van der Waals surface area contributed by atoms with Crippen LogP contribution >= 0.6 is 0 Å². The highest BCUT2D eigenvalue weighted by Crippen LogP contribution is 2.27. The van der Waals surface area contributed by atoms with Crippen LogP contribution in [-0.4, -0.2) is 33.0 Å². The van der Waals surface area contributed by atoms with E-state index in [1.807, 2.05) is 13.1 Å². The molecule has 6 heteroatoms. The molecule has 0 fully saturated rings. The number of amides is 2. The zero-order chi connectivity index (χ0) is 14.3. The van der Waals surface area contributed by atoms with E-state index in [2.05, 4.69) is 5.10 Å². The number of rotatable bonds is 3. The number of carbonyl (C=O) groups is 2. The number of nitrogens with zero attached hydrogens (tertiary/aromatic N) is 3. The van der Waals surface area contributed by atoms with Crippen LogP contribution in [0, 0.1) is 0 Å². The van der Waals surface area contributed by atoms with Gasteiger partial charge >= 0.3 is 0 Å². The highest BCUT2D eigenvalue weighted by Gasteiger charge is 2.36. The van der Waals surface area contributed by atoms with Gasteiger partial charge in [0.1, 0.15) is 0 Å². The van der Waals surface area contributed by atoms with Crippen LogP contribution in [0.1, 0.15) is 26.4 Å². The summed E-state index contributed by atoms with van der Waals surface area (Å²) >= 11 is 0. The maximum Gasteiger partial charge on any atom is 0.263 e. The van der Waals surface area contributed by atoms with Crippen molar-refractivity contribution in [2.75, 3.05) is 12.3 Å². The Balaban J connectivity index is 1.84. The quantitative estimate of drug-likeness (QED) is 0.662. The topological polar surface area (TPSA) is 81.2 Å². The highest BCUT2D eigenvalue weighted by atomic mass is 16.2. The fraction of sp³-hybridized carbons (Fsp3) is 0.214. The van der Waals surface area contributed by atoms with Crippen LogP contribution in [0.3, 0.4) is 0 Å². The van der Waals surface area contributed by atoms with Crippen molar-refractivity contribution in [1.29, 1.82) is 0 Å². The Labute approximate surface area is 115 Å². The Morgan fingerprint density at radius 1 is 1.20 bits per heavy atom. The molecule has 0 spiro atoms. The van der Waals surface area contributed by atoms with Gasteiger partial charge in [0.25, 0.3) is 11.8 Å². The van der Waals surface area contributed by atoms with E-state index in [4.69, 9.17) is 5.73 Å². The number of hydrogen-bond donors (Lipinski definition) is 1. The molecular weight excluding hydrogens is 256 g/mol. The van der Waals surface area contributed by atoms with E-state index in [0.29, 0.717) is 29.8 Å². The third-order valence-corrected chi connectivity index (χ3v) is 3.55. The summed E-state index contributed by atoms with van der Waals surface area (Å²) in [6.45, 7) is 0.325. The second-order valence-electron chi connectivity index (χ2n) is 4.73. The number of aromatic nitrogens is 2. The van der Waals surface area contributed by atoms with Gasteiger partial charge < -0.3 is 5.73 Å². The van der Waals surface area contributed by atoms with Crippen LogP contribution in [0.4, 0.5) is 5.69 Å². The summed E-state index contributed by atoms with van der Waals surface area (Å²) in [7, 11) is 1.83. The molecular formula is C14H14N4O2. The van der Waals surface area contributed by atoms with Gasteiger partial charge in [0.15, 0.2) is 0 Å². The van der Waals surface area contributed by atoms with E-state index >= 15 is 0 Å². The predicted molar refractivity (Wildman–Crippen MR) is 73.1 cm³/mol. The number of fused-ring (bicyclic) bond motifs is 1. The molecule has 0 radical (unpaired) electrons. The number of imide groups is 1. The lowest BCUT2D eigenvalue weighted by Crippen LogP contribution is -2.32. The van der Waals surface area contributed by atoms with Crippen molar-refractivity contribution in [3.05, 3.63) is 47.3 Å². The first-order valence-electron chi connectivity index (χ1n) is 6.31. The van der Waals surface area contributed by atoms with E-state index in [1.165, 1.54) is 4.90 Å². The molecule has 2 heterocycles. The van der Waals surface area contributed by atoms with Gasteiger partial charge in [0.2, 0.25) is 0 Å². The van der Waals surface area contributed by atoms with Crippen LogP contribution in [0.25, 0.3) is 0 Å². The normalized spacial score (nSPS) is 13.9. The minimum Gasteiger partial charge on any atom is -0.398 e. The summed E-state index contributed by atoms with van der Waals surface area (Å²) in [4.78, 5) is 25.8. The van der Waals surface area contributed by atoms with Gasteiger partial charge in [-0.1, -0.05) is 6.07 Å². The highest BCUT2D eigenvalue weighted by molar-refractivity contribution is 6.23. The van der Waals surface area contributed by atoms with Gasteiger partial charge in [-0.15, -0.1) is 0 Å². The first-order valence-corrected chi connectivity index (χ1v) is 6.31. The number of benzene rings is 1. The van der Waals surface area contributed by atoms with E-state index in [1.54, 1.807) is 29.1 Å². The summed E-state index contributed by atoms with van der Waals surface area (Å²) < 4.78 is 1.73. The predicted octanol–water partition coefficient (Wildman–Crippen LogP) is 0.841. The van der Waals surface area contributed by atoms with Crippen LogP contribution in [0.5, 0.6) is 0 Å². The second-order valence-corrected chi connectivity index (χ2v) is 4.73. The molecule has 0 atom stereocenters. The largest absolute Gasteiger partial charge is 0.398 e. The first kappa shape index (κ1) is 12.4. The standard InChI is InChI=1S/C14H14N4O2/c1-17-9(5-7-16-17)6-8-18-13(19)10-3-2-4-11(15)12(10)14(18)20/h2-5,7H,6,8,15H2,1H3. The molecule has 102 valence electrons. The summed E-state index contributed by atoms with van der Waals surface area (Å²) in [6.07, 6.45) is 2.26. The monoisotopic (exact) mass is 270 g/mol. The average Bonchev–Trinajstić information content (AvgIpc) is 2.93. The Morgan fingerprint density at radius 3 is 2.65 bits per heavy atom. The summed E-state index contributed by atoms with van der Waals surface area (Å²) in [6, 6.07) is 6.82. The molecule has 2 N–H and O–H groups in total. The van der Waals surface area contributed by atoms with Crippen molar-refractivity contribution in [3.8, 4) is 0 Å². The summed E-state index contributed by atoms with van der Waals surface area (Å²) in [5.74, 6) is -0.593. The molecule has 0 aliphatic carbocycles. The number of aryl methyl sites for hydroxylation is 1. The van der Waals surface area contributed by atoms with Crippen molar-refractivity contribution in [1.82, 2.24) is 14.7 Å². The molecule has 2 aromatic rings. The maximum absolute atomic E-state index is 12.3. The minimum atomic E-state index is -0.315. The van der Waals surface area contributed by atoms with E-state index in [0.717, 1.165) is 5.69 Å². The summed E-state index contributed by atoms with van der Waals surface area (Å²) in [5, 5.41) is 4.06. The number of nitrogen functional groups attached to an aromatic ring is 1. The van der Waals surface area contributed by atoms with Crippen molar-refractivity contribution >= 4 is 17.5 Å². The number of nitrogens with two attached hydrogens (primary N) is 1. The van der Waals surface area contributed by atoms with Crippen molar-refractivity contribution in [2.45, 2.75) is 6.42 Å². The Morgan fingerprint density at radius 2 is 2.00 bits per heavy atom. The van der Waals surface area contributed by atoms with E-state index in [-0.39, 0.29) is 11.8 Å². The molecule has 1 aliphatic rings. The van der Waals surface area contributed by atoms with Crippen LogP contribution in [0.15, 0.2) is 30.5 Å². The van der Waals surface area contributed by atoms with Gasteiger partial charge in [-0.2, -0.15) is 5.10 Å². The molecule has 2 amide bonds. The molecule has 1 aliphatic heterocycles. The molecule has 6 nitrogen and oxygen atoms in total. The SMILES string of the molecule is Cn1nccc1CCN1C(=O)c2cccc(N)c2C1=O. The van der Waals surface area contributed by atoms with Crippen molar-refractivity contribution < 1.29 is 9.59 Å². The summed E-state index contributed by atoms with van der Waals surface area (Å²) in [5.41, 5.74) is 7.82. The molecule has 0 saturated carbocycles. The van der Waals surface area contributed by atoms with Gasteiger partial charge in [0, 0.05) is 37.6 Å². The molecule has 3 rings (SSSR count). The van der Waals surface area contributed by atoms with Gasteiger partial charge in [-0.3, -0.25) is 19.2 Å². The molecule has 0 unspecified atom stereocenters. The number of carbonyl (C=O) groups excluding carboxylic acids is 2. The molecule has 0 saturated heterocycles. The average molecular weight is 270 g/mol. The molecule has 0 bridgehead atoms. The lowest BCUT2D eigenvalue weighted by atomic mass is 10.1. The van der Waals surface area contributed by atoms with Gasteiger partial charge in [-0.25, -0.2) is 0 Å². The van der Waals surface area contributed by atoms with Crippen molar-refractivity contribution in [2.24, 2.45) is 7.05 Å². The number of hydrogen-bond acceptors (Lipinski definition) is 4. The lowest BCUT2D eigenvalue weighted by Gasteiger charge is -2.13. The minimum absolute atomic E-state index is 0.278. The maximum atomic E-state index is 12.3. The Kier molecular flexibility index (Phi) is 2.78. The smallest absolute Gasteiger partial charge is 0.263 e. The second kappa shape index (κ2) is 4.48. The zero-order valence-corrected chi connectivity index (χ0v) is 11.0. The third-order valence-electron chi connectivity index (χ3n) is 3.55. The van der Waals surface area contributed by atoms with Crippen LogP contribution in [-0.2, 0) is 13.5 Å². The van der Waals surface area contributed by atoms with Gasteiger partial charge in [0.05, 0.1) is 11.1 Å². The Bertz CT molecular complexity index is 705. The van der Waals surface area contributed by atoms with Gasteiger partial charge in [-0.05, 0) is 18.2 Å². The van der Waals surface area contributed by atoms with E-state index in [9.17, 15) is 9.59 Å².